The second-order valence-corrected chi connectivity index (χ2v) is 4.91. The van der Waals surface area contributed by atoms with E-state index in [1.54, 1.807) is 0 Å². The van der Waals surface area contributed by atoms with Crippen molar-refractivity contribution in [2.75, 3.05) is 6.54 Å². The van der Waals surface area contributed by atoms with Gasteiger partial charge in [0, 0.05) is 12.0 Å². The zero-order valence-corrected chi connectivity index (χ0v) is 11.2. The highest BCUT2D eigenvalue weighted by molar-refractivity contribution is 5.55. The van der Waals surface area contributed by atoms with Crippen LogP contribution in [-0.4, -0.2) is 16.7 Å². The molecule has 19 heavy (non-hydrogen) atoms. The minimum absolute atomic E-state index is 0.293. The molecule has 1 unspecified atom stereocenters. The first-order valence-corrected chi connectivity index (χ1v) is 6.38. The molecule has 1 heterocycles. The van der Waals surface area contributed by atoms with Gasteiger partial charge in [-0.1, -0.05) is 12.1 Å². The van der Waals surface area contributed by atoms with E-state index in [1.807, 2.05) is 13.0 Å². The van der Waals surface area contributed by atoms with Crippen LogP contribution >= 0.6 is 0 Å². The number of nitrogens with zero attached hydrogens (tertiary/aromatic N) is 2. The fourth-order valence-electron chi connectivity index (χ4n) is 1.83. The molecule has 0 bridgehead atoms. The number of rotatable bonds is 5. The van der Waals surface area contributed by atoms with Gasteiger partial charge in [-0.2, -0.15) is 4.98 Å². The number of benzene rings is 1. The van der Waals surface area contributed by atoms with Crippen LogP contribution in [0, 0.1) is 18.7 Å². The van der Waals surface area contributed by atoms with E-state index in [-0.39, 0.29) is 5.82 Å². The smallest absolute Gasteiger partial charge is 0.226 e. The molecule has 0 aliphatic heterocycles. The van der Waals surface area contributed by atoms with Crippen LogP contribution in [0.5, 0.6) is 0 Å². The lowest BCUT2D eigenvalue weighted by Crippen LogP contribution is -2.11. The molecule has 1 aromatic carbocycles. The minimum atomic E-state index is -0.293. The summed E-state index contributed by atoms with van der Waals surface area (Å²) in [6.07, 6.45) is 1.60. The van der Waals surface area contributed by atoms with Crippen molar-refractivity contribution in [3.05, 3.63) is 35.5 Å². The molecule has 2 aromatic rings. The summed E-state index contributed by atoms with van der Waals surface area (Å²) in [6.45, 7) is 4.55. The van der Waals surface area contributed by atoms with Gasteiger partial charge in [-0.25, -0.2) is 4.39 Å². The van der Waals surface area contributed by atoms with E-state index in [4.69, 9.17) is 10.3 Å². The lowest BCUT2D eigenvalue weighted by molar-refractivity contribution is 0.366. The van der Waals surface area contributed by atoms with Gasteiger partial charge in [-0.05, 0) is 49.6 Å². The number of hydrogen-bond donors (Lipinski definition) is 1. The van der Waals surface area contributed by atoms with Crippen molar-refractivity contribution in [3.63, 3.8) is 0 Å². The summed E-state index contributed by atoms with van der Waals surface area (Å²) in [5.74, 6) is 1.13. The first-order chi connectivity index (χ1) is 9.08. The molecule has 0 amide bonds. The number of nitrogens with two attached hydrogens (primary N) is 1. The molecular formula is C14H18FN3O. The van der Waals surface area contributed by atoms with Gasteiger partial charge in [0.2, 0.25) is 11.7 Å². The van der Waals surface area contributed by atoms with Gasteiger partial charge >= 0.3 is 0 Å². The molecule has 0 aliphatic rings. The van der Waals surface area contributed by atoms with Crippen molar-refractivity contribution in [1.82, 2.24) is 10.1 Å². The molecule has 0 fully saturated rings. The van der Waals surface area contributed by atoms with E-state index in [0.717, 1.165) is 12.0 Å². The van der Waals surface area contributed by atoms with E-state index >= 15 is 0 Å². The molecule has 1 atom stereocenters. The summed E-state index contributed by atoms with van der Waals surface area (Å²) in [4.78, 5) is 4.28. The maximum Gasteiger partial charge on any atom is 0.226 e. The maximum absolute atomic E-state index is 13.3. The summed E-state index contributed by atoms with van der Waals surface area (Å²) in [5, 5.41) is 3.89. The van der Waals surface area contributed by atoms with E-state index in [0.29, 0.717) is 36.2 Å². The lowest BCUT2D eigenvalue weighted by Gasteiger charge is -2.03. The van der Waals surface area contributed by atoms with Crippen LogP contribution in [0.15, 0.2) is 22.7 Å². The van der Waals surface area contributed by atoms with E-state index in [9.17, 15) is 4.39 Å². The topological polar surface area (TPSA) is 64.9 Å². The van der Waals surface area contributed by atoms with Crippen LogP contribution < -0.4 is 5.73 Å². The predicted octanol–water partition coefficient (Wildman–Crippen LogP) is 2.71. The minimum Gasteiger partial charge on any atom is -0.339 e. The fraction of sp³-hybridized carbons (Fsp3) is 0.429. The molecule has 0 saturated carbocycles. The third-order valence-electron chi connectivity index (χ3n) is 3.02. The van der Waals surface area contributed by atoms with Gasteiger partial charge in [0.05, 0.1) is 0 Å². The quantitative estimate of drug-likeness (QED) is 0.900. The Morgan fingerprint density at radius 2 is 2.16 bits per heavy atom. The van der Waals surface area contributed by atoms with Crippen molar-refractivity contribution in [2.24, 2.45) is 11.7 Å². The monoisotopic (exact) mass is 263 g/mol. The number of aromatic nitrogens is 2. The van der Waals surface area contributed by atoms with E-state index in [1.165, 1.54) is 12.1 Å². The molecule has 0 radical (unpaired) electrons. The normalized spacial score (nSPS) is 12.6. The highest BCUT2D eigenvalue weighted by Crippen LogP contribution is 2.19. The number of halogens is 1. The van der Waals surface area contributed by atoms with Crippen LogP contribution in [0.1, 0.15) is 24.8 Å². The van der Waals surface area contributed by atoms with Gasteiger partial charge < -0.3 is 10.3 Å². The molecule has 0 spiro atoms. The van der Waals surface area contributed by atoms with Crippen LogP contribution in [0.2, 0.25) is 0 Å². The molecule has 0 aliphatic carbocycles. The van der Waals surface area contributed by atoms with Crippen LogP contribution in [0.4, 0.5) is 4.39 Å². The average Bonchev–Trinajstić information content (AvgIpc) is 2.83. The number of hydrogen-bond acceptors (Lipinski definition) is 4. The van der Waals surface area contributed by atoms with Gasteiger partial charge in [0.1, 0.15) is 5.82 Å². The molecule has 2 rings (SSSR count). The Hall–Kier alpha value is -1.75. The van der Waals surface area contributed by atoms with Gasteiger partial charge in [-0.15, -0.1) is 0 Å². The Morgan fingerprint density at radius 3 is 2.84 bits per heavy atom. The Labute approximate surface area is 111 Å². The van der Waals surface area contributed by atoms with Crippen LogP contribution in [0.3, 0.4) is 0 Å². The standard InChI is InChI=1S/C14H18FN3O/c1-9(8-16)3-4-13-17-14(18-19-13)11-5-10(2)6-12(15)7-11/h5-7,9H,3-4,8,16H2,1-2H3. The zero-order chi connectivity index (χ0) is 13.8. The highest BCUT2D eigenvalue weighted by atomic mass is 19.1. The first-order valence-electron chi connectivity index (χ1n) is 6.38. The third-order valence-corrected chi connectivity index (χ3v) is 3.02. The molecule has 102 valence electrons. The molecule has 2 N–H and O–H groups in total. The molecular weight excluding hydrogens is 245 g/mol. The Balaban J connectivity index is 2.12. The fourth-order valence-corrected chi connectivity index (χ4v) is 1.83. The second kappa shape index (κ2) is 5.93. The van der Waals surface area contributed by atoms with Crippen LogP contribution in [-0.2, 0) is 6.42 Å². The van der Waals surface area contributed by atoms with Crippen molar-refractivity contribution >= 4 is 0 Å². The Bertz CT molecular complexity index is 533. The second-order valence-electron chi connectivity index (χ2n) is 4.91. The van der Waals surface area contributed by atoms with Crippen molar-refractivity contribution in [1.29, 1.82) is 0 Å². The summed E-state index contributed by atoms with van der Waals surface area (Å²) in [6, 6.07) is 4.71. The van der Waals surface area contributed by atoms with E-state index < -0.39 is 0 Å². The Kier molecular flexibility index (Phi) is 4.27. The van der Waals surface area contributed by atoms with Crippen molar-refractivity contribution in [2.45, 2.75) is 26.7 Å². The summed E-state index contributed by atoms with van der Waals surface area (Å²) in [5.41, 5.74) is 7.03. The van der Waals surface area contributed by atoms with Crippen molar-refractivity contribution < 1.29 is 8.91 Å². The van der Waals surface area contributed by atoms with Gasteiger partial charge in [-0.3, -0.25) is 0 Å². The maximum atomic E-state index is 13.3. The van der Waals surface area contributed by atoms with Gasteiger partial charge in [0.25, 0.3) is 0 Å². The molecule has 1 aromatic heterocycles. The SMILES string of the molecule is Cc1cc(F)cc(-c2noc(CCC(C)CN)n2)c1. The van der Waals surface area contributed by atoms with Gasteiger partial charge in [0.15, 0.2) is 0 Å². The first kappa shape index (κ1) is 13.7. The molecule has 5 heteroatoms. The summed E-state index contributed by atoms with van der Waals surface area (Å²) >= 11 is 0. The summed E-state index contributed by atoms with van der Waals surface area (Å²) < 4.78 is 18.5. The zero-order valence-electron chi connectivity index (χ0n) is 11.2. The Morgan fingerprint density at radius 1 is 1.37 bits per heavy atom. The molecule has 4 nitrogen and oxygen atoms in total. The molecule has 0 saturated heterocycles. The highest BCUT2D eigenvalue weighted by Gasteiger charge is 2.11. The van der Waals surface area contributed by atoms with Crippen molar-refractivity contribution in [3.8, 4) is 11.4 Å². The van der Waals surface area contributed by atoms with E-state index in [2.05, 4.69) is 17.1 Å². The average molecular weight is 263 g/mol. The third kappa shape index (κ3) is 3.61. The largest absolute Gasteiger partial charge is 0.339 e. The predicted molar refractivity (Wildman–Crippen MR) is 71.0 cm³/mol. The van der Waals surface area contributed by atoms with Crippen LogP contribution in [0.25, 0.3) is 11.4 Å². The number of aryl methyl sites for hydroxylation is 2. The summed E-state index contributed by atoms with van der Waals surface area (Å²) in [7, 11) is 0. The lowest BCUT2D eigenvalue weighted by atomic mass is 10.1.